The molecule has 2 aromatic heterocycles. The number of ether oxygens (including phenoxy) is 1. The summed E-state index contributed by atoms with van der Waals surface area (Å²) in [6.07, 6.45) is 2.19. The summed E-state index contributed by atoms with van der Waals surface area (Å²) < 4.78 is 7.21. The maximum absolute atomic E-state index is 13.1. The third kappa shape index (κ3) is 3.91. The number of amides is 1. The van der Waals surface area contributed by atoms with Crippen LogP contribution in [0.3, 0.4) is 0 Å². The van der Waals surface area contributed by atoms with Crippen molar-refractivity contribution in [2.24, 2.45) is 7.05 Å². The van der Waals surface area contributed by atoms with Gasteiger partial charge in [0.1, 0.15) is 0 Å². The van der Waals surface area contributed by atoms with Crippen molar-refractivity contribution in [2.45, 2.75) is 58.9 Å². The van der Waals surface area contributed by atoms with Crippen molar-refractivity contribution in [3.05, 3.63) is 52.2 Å². The molecule has 0 saturated carbocycles. The summed E-state index contributed by atoms with van der Waals surface area (Å²) in [5, 5.41) is 5.36. The Balaban J connectivity index is 1.50. The number of aryl methyl sites for hydroxylation is 4. The fourth-order valence-corrected chi connectivity index (χ4v) is 4.94. The molecule has 0 aliphatic carbocycles. The van der Waals surface area contributed by atoms with Crippen molar-refractivity contribution in [1.29, 1.82) is 0 Å². The standard InChI is InChI=1S/C25H32N4O2/c1-15-7-9-19(10-8-15)20-13-16(2)29(14-20)22(30)12-11-21-17(3)23-24(26-18(21)4)28(5)27-25(23)31-6/h7-10,16,20H,11-14H2,1-6H3. The molecule has 6 heteroatoms. The second-order valence-corrected chi connectivity index (χ2v) is 8.87. The summed E-state index contributed by atoms with van der Waals surface area (Å²) >= 11 is 0. The molecule has 0 radical (unpaired) electrons. The van der Waals surface area contributed by atoms with Crippen LogP contribution in [0.2, 0.25) is 0 Å². The number of fused-ring (bicyclic) bond motifs is 1. The van der Waals surface area contributed by atoms with E-state index in [1.807, 2.05) is 14.0 Å². The normalized spacial score (nSPS) is 18.7. The van der Waals surface area contributed by atoms with Gasteiger partial charge in [-0.1, -0.05) is 29.8 Å². The Hall–Kier alpha value is -2.89. The number of carbonyl (C=O) groups excluding carboxylic acids is 1. The highest BCUT2D eigenvalue weighted by Crippen LogP contribution is 2.33. The number of rotatable bonds is 5. The quantitative estimate of drug-likeness (QED) is 0.619. The van der Waals surface area contributed by atoms with E-state index in [1.54, 1.807) is 11.8 Å². The minimum Gasteiger partial charge on any atom is -0.479 e. The van der Waals surface area contributed by atoms with Gasteiger partial charge < -0.3 is 9.64 Å². The van der Waals surface area contributed by atoms with Crippen LogP contribution in [0.15, 0.2) is 24.3 Å². The Morgan fingerprint density at radius 2 is 1.90 bits per heavy atom. The Morgan fingerprint density at radius 1 is 1.19 bits per heavy atom. The number of hydrogen-bond donors (Lipinski definition) is 0. The molecule has 1 aliphatic heterocycles. The van der Waals surface area contributed by atoms with Gasteiger partial charge in [0, 0.05) is 37.7 Å². The largest absolute Gasteiger partial charge is 0.479 e. The van der Waals surface area contributed by atoms with Gasteiger partial charge in [-0.3, -0.25) is 4.79 Å². The Bertz CT molecular complexity index is 1120. The average molecular weight is 421 g/mol. The fourth-order valence-electron chi connectivity index (χ4n) is 4.94. The highest BCUT2D eigenvalue weighted by molar-refractivity contribution is 5.86. The van der Waals surface area contributed by atoms with Crippen LogP contribution in [-0.4, -0.2) is 45.3 Å². The summed E-state index contributed by atoms with van der Waals surface area (Å²) in [6.45, 7) is 9.16. The molecule has 2 unspecified atom stereocenters. The maximum Gasteiger partial charge on any atom is 0.242 e. The predicted octanol–water partition coefficient (Wildman–Crippen LogP) is 4.24. The number of nitrogens with zero attached hydrogens (tertiary/aromatic N) is 4. The van der Waals surface area contributed by atoms with Crippen LogP contribution < -0.4 is 4.74 Å². The summed E-state index contributed by atoms with van der Waals surface area (Å²) in [5.41, 5.74) is 6.59. The molecule has 0 spiro atoms. The van der Waals surface area contributed by atoms with Gasteiger partial charge in [0.2, 0.25) is 11.8 Å². The van der Waals surface area contributed by atoms with Crippen LogP contribution in [0.25, 0.3) is 11.0 Å². The zero-order chi connectivity index (χ0) is 22.3. The van der Waals surface area contributed by atoms with E-state index in [-0.39, 0.29) is 11.9 Å². The van der Waals surface area contributed by atoms with E-state index in [4.69, 9.17) is 9.72 Å². The first-order chi connectivity index (χ1) is 14.8. The lowest BCUT2D eigenvalue weighted by Crippen LogP contribution is -2.34. The van der Waals surface area contributed by atoms with Crippen molar-refractivity contribution in [3.8, 4) is 5.88 Å². The van der Waals surface area contributed by atoms with Gasteiger partial charge in [-0.05, 0) is 57.2 Å². The molecule has 1 saturated heterocycles. The van der Waals surface area contributed by atoms with Crippen LogP contribution in [0, 0.1) is 20.8 Å². The Morgan fingerprint density at radius 3 is 2.58 bits per heavy atom. The highest BCUT2D eigenvalue weighted by Gasteiger charge is 2.33. The Kier molecular flexibility index (Phi) is 5.73. The number of pyridine rings is 1. The van der Waals surface area contributed by atoms with Crippen molar-refractivity contribution in [3.63, 3.8) is 0 Å². The van der Waals surface area contributed by atoms with Crippen molar-refractivity contribution in [2.75, 3.05) is 13.7 Å². The summed E-state index contributed by atoms with van der Waals surface area (Å²) in [6, 6.07) is 8.99. The molecule has 0 N–H and O–H groups in total. The van der Waals surface area contributed by atoms with Crippen LogP contribution in [-0.2, 0) is 18.3 Å². The molecular formula is C25H32N4O2. The summed E-state index contributed by atoms with van der Waals surface area (Å²) in [7, 11) is 3.50. The smallest absolute Gasteiger partial charge is 0.242 e. The second-order valence-electron chi connectivity index (χ2n) is 8.87. The monoisotopic (exact) mass is 420 g/mol. The topological polar surface area (TPSA) is 60.2 Å². The first-order valence-electron chi connectivity index (χ1n) is 11.0. The molecule has 3 heterocycles. The average Bonchev–Trinajstić information content (AvgIpc) is 3.28. The molecule has 6 nitrogen and oxygen atoms in total. The molecule has 3 aromatic rings. The Labute approximate surface area is 184 Å². The number of carbonyl (C=O) groups is 1. The van der Waals surface area contributed by atoms with Gasteiger partial charge in [0.25, 0.3) is 0 Å². The summed E-state index contributed by atoms with van der Waals surface area (Å²) in [4.78, 5) is 19.9. The molecule has 1 fully saturated rings. The van der Waals surface area contributed by atoms with E-state index >= 15 is 0 Å². The number of likely N-dealkylation sites (tertiary alicyclic amines) is 1. The third-order valence-corrected chi connectivity index (χ3v) is 6.75. The lowest BCUT2D eigenvalue weighted by molar-refractivity contribution is -0.131. The van der Waals surface area contributed by atoms with Gasteiger partial charge in [-0.15, -0.1) is 5.10 Å². The molecule has 1 aliphatic rings. The van der Waals surface area contributed by atoms with Gasteiger partial charge in [-0.25, -0.2) is 9.67 Å². The van der Waals surface area contributed by atoms with E-state index in [0.29, 0.717) is 24.6 Å². The highest BCUT2D eigenvalue weighted by atomic mass is 16.5. The lowest BCUT2D eigenvalue weighted by Gasteiger charge is -2.22. The van der Waals surface area contributed by atoms with Gasteiger partial charge in [0.05, 0.1) is 12.5 Å². The molecular weight excluding hydrogens is 388 g/mol. The van der Waals surface area contributed by atoms with Crippen LogP contribution >= 0.6 is 0 Å². The number of aromatic nitrogens is 3. The third-order valence-electron chi connectivity index (χ3n) is 6.75. The molecule has 1 aromatic carbocycles. The molecule has 164 valence electrons. The van der Waals surface area contributed by atoms with E-state index in [2.05, 4.69) is 55.0 Å². The maximum atomic E-state index is 13.1. The summed E-state index contributed by atoms with van der Waals surface area (Å²) in [5.74, 6) is 1.23. The van der Waals surface area contributed by atoms with Crippen molar-refractivity contribution in [1.82, 2.24) is 19.7 Å². The zero-order valence-corrected chi connectivity index (χ0v) is 19.4. The lowest BCUT2D eigenvalue weighted by atomic mass is 9.96. The van der Waals surface area contributed by atoms with E-state index in [0.717, 1.165) is 40.8 Å². The molecule has 0 bridgehead atoms. The molecule has 31 heavy (non-hydrogen) atoms. The SMILES string of the molecule is COc1nn(C)c2nc(C)c(CCC(=O)N3CC(c4ccc(C)cc4)CC3C)c(C)c12. The minimum absolute atomic E-state index is 0.221. The number of hydrogen-bond acceptors (Lipinski definition) is 4. The first kappa shape index (κ1) is 21.3. The van der Waals surface area contributed by atoms with Crippen molar-refractivity contribution >= 4 is 16.9 Å². The van der Waals surface area contributed by atoms with Gasteiger partial charge in [-0.2, -0.15) is 0 Å². The van der Waals surface area contributed by atoms with Gasteiger partial charge >= 0.3 is 0 Å². The molecule has 1 amide bonds. The molecule has 4 rings (SSSR count). The van der Waals surface area contributed by atoms with Crippen LogP contribution in [0.4, 0.5) is 0 Å². The van der Waals surface area contributed by atoms with Crippen LogP contribution in [0.1, 0.15) is 53.6 Å². The minimum atomic E-state index is 0.221. The molecule has 2 atom stereocenters. The van der Waals surface area contributed by atoms with Crippen molar-refractivity contribution < 1.29 is 9.53 Å². The van der Waals surface area contributed by atoms with E-state index < -0.39 is 0 Å². The van der Waals surface area contributed by atoms with E-state index in [1.165, 1.54) is 11.1 Å². The van der Waals surface area contributed by atoms with Gasteiger partial charge in [0.15, 0.2) is 5.65 Å². The first-order valence-corrected chi connectivity index (χ1v) is 11.0. The number of methoxy groups -OCH3 is 1. The van der Waals surface area contributed by atoms with Crippen LogP contribution in [0.5, 0.6) is 5.88 Å². The predicted molar refractivity (Wildman–Crippen MR) is 123 cm³/mol. The second kappa shape index (κ2) is 8.33. The number of benzene rings is 1. The zero-order valence-electron chi connectivity index (χ0n) is 19.4. The fraction of sp³-hybridized carbons (Fsp3) is 0.480. The van der Waals surface area contributed by atoms with E-state index in [9.17, 15) is 4.79 Å².